The fourth-order valence-corrected chi connectivity index (χ4v) is 1.33. The lowest BCUT2D eigenvalue weighted by Crippen LogP contribution is -2.01. The van der Waals surface area contributed by atoms with E-state index in [-0.39, 0.29) is 5.75 Å². The minimum Gasteiger partial charge on any atom is -0.494 e. The predicted octanol–water partition coefficient (Wildman–Crippen LogP) is 1.12. The topological polar surface area (TPSA) is 52.8 Å². The van der Waals surface area contributed by atoms with Gasteiger partial charge in [0.1, 0.15) is 6.33 Å². The summed E-state index contributed by atoms with van der Waals surface area (Å²) in [6.45, 7) is 1.65. The number of benzene rings is 1. The molecule has 0 atom stereocenters. The zero-order chi connectivity index (χ0) is 10.8. The Balaban J connectivity index is 2.56. The third-order valence-corrected chi connectivity index (χ3v) is 2.14. The second-order valence-corrected chi connectivity index (χ2v) is 2.98. The van der Waals surface area contributed by atoms with E-state index in [1.165, 1.54) is 18.1 Å². The van der Waals surface area contributed by atoms with Gasteiger partial charge in [-0.1, -0.05) is 0 Å². The van der Waals surface area contributed by atoms with Gasteiger partial charge >= 0.3 is 0 Å². The zero-order valence-corrected chi connectivity index (χ0v) is 8.31. The molecule has 15 heavy (non-hydrogen) atoms. The van der Waals surface area contributed by atoms with Gasteiger partial charge in [-0.15, -0.1) is 5.10 Å². The summed E-state index contributed by atoms with van der Waals surface area (Å²) in [6, 6.07) is 3.24. The largest absolute Gasteiger partial charge is 0.494 e. The fourth-order valence-electron chi connectivity index (χ4n) is 1.33. The Bertz CT molecular complexity index is 469. The summed E-state index contributed by atoms with van der Waals surface area (Å²) in [6.07, 6.45) is 1.41. The molecule has 0 saturated carbocycles. The average Bonchev–Trinajstić information content (AvgIpc) is 2.75. The molecule has 5 nitrogen and oxygen atoms in total. The molecular formula is C9H9FN4O. The van der Waals surface area contributed by atoms with E-state index in [1.54, 1.807) is 19.1 Å². The minimum atomic E-state index is -0.398. The van der Waals surface area contributed by atoms with Crippen LogP contribution in [0.2, 0.25) is 0 Å². The van der Waals surface area contributed by atoms with Crippen molar-refractivity contribution in [2.75, 3.05) is 7.11 Å². The maximum atomic E-state index is 13.6. The number of ether oxygens (including phenoxy) is 1. The standard InChI is InChI=1S/C9H9FN4O/c1-6-7(14-5-11-12-13-14)3-4-8(15-2)9(6)10/h3-5H,1-2H3. The van der Waals surface area contributed by atoms with E-state index < -0.39 is 5.82 Å². The molecule has 0 aliphatic rings. The Labute approximate surface area is 85.5 Å². The van der Waals surface area contributed by atoms with Gasteiger partial charge in [0.2, 0.25) is 0 Å². The van der Waals surface area contributed by atoms with Crippen LogP contribution in [0.25, 0.3) is 5.69 Å². The van der Waals surface area contributed by atoms with E-state index in [4.69, 9.17) is 4.74 Å². The van der Waals surface area contributed by atoms with E-state index in [0.29, 0.717) is 11.3 Å². The maximum absolute atomic E-state index is 13.6. The van der Waals surface area contributed by atoms with E-state index in [2.05, 4.69) is 15.5 Å². The molecule has 1 aromatic carbocycles. The van der Waals surface area contributed by atoms with Crippen LogP contribution >= 0.6 is 0 Å². The molecule has 0 amide bonds. The number of tetrazole rings is 1. The summed E-state index contributed by atoms with van der Waals surface area (Å²) in [7, 11) is 1.43. The molecule has 78 valence electrons. The summed E-state index contributed by atoms with van der Waals surface area (Å²) in [5.74, 6) is -0.185. The molecule has 0 saturated heterocycles. The number of aromatic nitrogens is 4. The second-order valence-electron chi connectivity index (χ2n) is 2.98. The molecule has 1 heterocycles. The smallest absolute Gasteiger partial charge is 0.170 e. The average molecular weight is 208 g/mol. The first-order valence-corrected chi connectivity index (χ1v) is 4.30. The molecule has 0 aliphatic carbocycles. The van der Waals surface area contributed by atoms with Crippen molar-refractivity contribution in [3.63, 3.8) is 0 Å². The zero-order valence-electron chi connectivity index (χ0n) is 8.31. The van der Waals surface area contributed by atoms with Crippen LogP contribution in [0.1, 0.15) is 5.56 Å². The van der Waals surface area contributed by atoms with Gasteiger partial charge in [-0.05, 0) is 29.5 Å². The number of rotatable bonds is 2. The molecular weight excluding hydrogens is 199 g/mol. The van der Waals surface area contributed by atoms with Crippen LogP contribution in [-0.4, -0.2) is 27.3 Å². The highest BCUT2D eigenvalue weighted by Crippen LogP contribution is 2.24. The lowest BCUT2D eigenvalue weighted by Gasteiger charge is -2.08. The van der Waals surface area contributed by atoms with E-state index >= 15 is 0 Å². The highest BCUT2D eigenvalue weighted by atomic mass is 19.1. The third kappa shape index (κ3) is 1.54. The summed E-state index contributed by atoms with van der Waals surface area (Å²) in [4.78, 5) is 0. The van der Waals surface area contributed by atoms with Crippen LogP contribution in [0.4, 0.5) is 4.39 Å². The number of methoxy groups -OCH3 is 1. The summed E-state index contributed by atoms with van der Waals surface area (Å²) in [5.41, 5.74) is 1.04. The van der Waals surface area contributed by atoms with Gasteiger partial charge in [0, 0.05) is 5.56 Å². The van der Waals surface area contributed by atoms with Crippen LogP contribution in [0.5, 0.6) is 5.75 Å². The number of halogens is 1. The summed E-state index contributed by atoms with van der Waals surface area (Å²) in [5, 5.41) is 10.7. The normalized spacial score (nSPS) is 10.3. The maximum Gasteiger partial charge on any atom is 0.170 e. The number of hydrogen-bond acceptors (Lipinski definition) is 4. The summed E-state index contributed by atoms with van der Waals surface area (Å²) < 4.78 is 19.9. The van der Waals surface area contributed by atoms with Gasteiger partial charge in [-0.25, -0.2) is 9.07 Å². The molecule has 0 fully saturated rings. The van der Waals surface area contributed by atoms with Crippen molar-refractivity contribution in [1.29, 1.82) is 0 Å². The van der Waals surface area contributed by atoms with Crippen molar-refractivity contribution in [2.45, 2.75) is 6.92 Å². The fraction of sp³-hybridized carbons (Fsp3) is 0.222. The first kappa shape index (κ1) is 9.57. The van der Waals surface area contributed by atoms with Crippen LogP contribution < -0.4 is 4.74 Å². The third-order valence-electron chi connectivity index (χ3n) is 2.14. The molecule has 0 bridgehead atoms. The van der Waals surface area contributed by atoms with Gasteiger partial charge in [-0.2, -0.15) is 0 Å². The number of nitrogens with zero attached hydrogens (tertiary/aromatic N) is 4. The molecule has 6 heteroatoms. The molecule has 0 spiro atoms. The first-order chi connectivity index (χ1) is 7.24. The monoisotopic (exact) mass is 208 g/mol. The van der Waals surface area contributed by atoms with Gasteiger partial charge < -0.3 is 4.74 Å². The number of hydrogen-bond donors (Lipinski definition) is 0. The van der Waals surface area contributed by atoms with Crippen molar-refractivity contribution in [3.05, 3.63) is 29.8 Å². The lowest BCUT2D eigenvalue weighted by molar-refractivity contribution is 0.385. The molecule has 2 aromatic rings. The highest BCUT2D eigenvalue weighted by molar-refractivity contribution is 5.45. The van der Waals surface area contributed by atoms with Crippen molar-refractivity contribution < 1.29 is 9.13 Å². The summed E-state index contributed by atoms with van der Waals surface area (Å²) >= 11 is 0. The van der Waals surface area contributed by atoms with Gasteiger partial charge in [0.25, 0.3) is 0 Å². The van der Waals surface area contributed by atoms with Crippen LogP contribution in [0.3, 0.4) is 0 Å². The SMILES string of the molecule is COc1ccc(-n2cnnn2)c(C)c1F. The molecule has 0 aliphatic heterocycles. The van der Waals surface area contributed by atoms with E-state index in [1.807, 2.05) is 0 Å². The first-order valence-electron chi connectivity index (χ1n) is 4.30. The van der Waals surface area contributed by atoms with Gasteiger partial charge in [0.05, 0.1) is 12.8 Å². The Morgan fingerprint density at radius 1 is 1.40 bits per heavy atom. The second kappa shape index (κ2) is 3.64. The van der Waals surface area contributed by atoms with Crippen LogP contribution in [0.15, 0.2) is 18.5 Å². The Kier molecular flexibility index (Phi) is 2.32. The quantitative estimate of drug-likeness (QED) is 0.742. The molecule has 0 radical (unpaired) electrons. The van der Waals surface area contributed by atoms with Crippen LogP contribution in [-0.2, 0) is 0 Å². The van der Waals surface area contributed by atoms with Gasteiger partial charge in [-0.3, -0.25) is 0 Å². The minimum absolute atomic E-state index is 0.212. The Hall–Kier alpha value is -1.98. The highest BCUT2D eigenvalue weighted by Gasteiger charge is 2.11. The van der Waals surface area contributed by atoms with Gasteiger partial charge in [0.15, 0.2) is 11.6 Å². The Morgan fingerprint density at radius 3 is 2.80 bits per heavy atom. The lowest BCUT2D eigenvalue weighted by atomic mass is 10.2. The van der Waals surface area contributed by atoms with Crippen molar-refractivity contribution in [3.8, 4) is 11.4 Å². The van der Waals surface area contributed by atoms with E-state index in [9.17, 15) is 4.39 Å². The van der Waals surface area contributed by atoms with E-state index in [0.717, 1.165) is 0 Å². The predicted molar refractivity (Wildman–Crippen MR) is 50.4 cm³/mol. The molecule has 1 aromatic heterocycles. The van der Waals surface area contributed by atoms with Crippen LogP contribution in [0, 0.1) is 12.7 Å². The molecule has 0 N–H and O–H groups in total. The molecule has 0 unspecified atom stereocenters. The van der Waals surface area contributed by atoms with Crippen molar-refractivity contribution in [2.24, 2.45) is 0 Å². The van der Waals surface area contributed by atoms with Crippen molar-refractivity contribution in [1.82, 2.24) is 20.2 Å². The van der Waals surface area contributed by atoms with Crippen molar-refractivity contribution >= 4 is 0 Å². The molecule has 2 rings (SSSR count). The Morgan fingerprint density at radius 2 is 2.20 bits per heavy atom.